The van der Waals surface area contributed by atoms with Crippen molar-refractivity contribution < 1.29 is 21.2 Å². The molecule has 0 amide bonds. The first-order valence-corrected chi connectivity index (χ1v) is 8.96. The van der Waals surface area contributed by atoms with Gasteiger partial charge in [-0.1, -0.05) is 0 Å². The fourth-order valence-electron chi connectivity index (χ4n) is 2.50. The van der Waals surface area contributed by atoms with Gasteiger partial charge in [0.2, 0.25) is 0 Å². The molecule has 17 heavy (non-hydrogen) atoms. The molecule has 0 aliphatic carbocycles. The van der Waals surface area contributed by atoms with Crippen molar-refractivity contribution in [1.29, 1.82) is 0 Å². The van der Waals surface area contributed by atoms with Gasteiger partial charge < -0.3 is 0 Å². The van der Waals surface area contributed by atoms with E-state index in [1.165, 1.54) is 27.1 Å². The molecule has 86 valence electrons. The van der Waals surface area contributed by atoms with Crippen molar-refractivity contribution in [3.05, 3.63) is 57.7 Å². The molecule has 0 unspecified atom stereocenters. The Kier molecular flexibility index (Phi) is 2.79. The van der Waals surface area contributed by atoms with Gasteiger partial charge in [0.25, 0.3) is 0 Å². The van der Waals surface area contributed by atoms with Crippen LogP contribution in [0.3, 0.4) is 0 Å². The molecule has 0 aliphatic rings. The van der Waals surface area contributed by atoms with E-state index >= 15 is 0 Å². The van der Waals surface area contributed by atoms with E-state index in [1.54, 1.807) is 3.57 Å². The number of hydrogen-bond donors (Lipinski definition) is 0. The van der Waals surface area contributed by atoms with E-state index in [2.05, 4.69) is 60.4 Å². The Hall–Kier alpha value is -1.09. The second kappa shape index (κ2) is 4.30. The van der Waals surface area contributed by atoms with Crippen molar-refractivity contribution in [3.63, 3.8) is 0 Å². The molecule has 3 aromatic carbocycles. The number of fused-ring (bicyclic) bond motifs is 2. The second-order valence-corrected chi connectivity index (χ2v) is 6.38. The fourth-order valence-corrected chi connectivity index (χ4v) is 4.60. The van der Waals surface area contributed by atoms with Gasteiger partial charge in [0.1, 0.15) is 0 Å². The van der Waals surface area contributed by atoms with E-state index < -0.39 is 0 Å². The van der Waals surface area contributed by atoms with Crippen LogP contribution in [-0.2, 0) is 0 Å². The number of aryl methyl sites for hydroxylation is 1. The molecule has 0 aromatic heterocycles. The minimum absolute atomic E-state index is 0.0922. The normalized spacial score (nSPS) is 11.4. The first-order valence-electron chi connectivity index (χ1n) is 5.72. The Morgan fingerprint density at radius 2 is 1.12 bits per heavy atom. The predicted octanol–water partition coefficient (Wildman–Crippen LogP) is 1.19. The Morgan fingerprint density at radius 3 is 1.53 bits per heavy atom. The summed E-state index contributed by atoms with van der Waals surface area (Å²) in [6.07, 6.45) is 0. The van der Waals surface area contributed by atoms with E-state index in [9.17, 15) is 0 Å². The topological polar surface area (TPSA) is 0 Å². The molecule has 0 saturated heterocycles. The molecular formula is C16H14I-. The van der Waals surface area contributed by atoms with Crippen LogP contribution in [0.15, 0.2) is 48.5 Å². The van der Waals surface area contributed by atoms with Crippen molar-refractivity contribution in [2.75, 3.05) is 4.93 Å². The van der Waals surface area contributed by atoms with Crippen molar-refractivity contribution >= 4 is 21.5 Å². The quantitative estimate of drug-likeness (QED) is 0.357. The zero-order valence-electron chi connectivity index (χ0n) is 10.00. The van der Waals surface area contributed by atoms with Gasteiger partial charge in [0.15, 0.2) is 0 Å². The fraction of sp³-hybridized carbons (Fsp3) is 0.125. The number of benzene rings is 3. The molecule has 0 saturated carbocycles. The monoisotopic (exact) mass is 333 g/mol. The van der Waals surface area contributed by atoms with Crippen LogP contribution in [0, 0.1) is 10.5 Å². The summed E-state index contributed by atoms with van der Waals surface area (Å²) in [5.74, 6) is 0. The van der Waals surface area contributed by atoms with E-state index in [4.69, 9.17) is 0 Å². The van der Waals surface area contributed by atoms with Crippen LogP contribution in [0.5, 0.6) is 0 Å². The van der Waals surface area contributed by atoms with Crippen LogP contribution in [0.2, 0.25) is 0 Å². The van der Waals surface area contributed by atoms with E-state index in [1.807, 2.05) is 0 Å². The molecule has 0 spiro atoms. The molecular weight excluding hydrogens is 319 g/mol. The Labute approximate surface area is 112 Å². The summed E-state index contributed by atoms with van der Waals surface area (Å²) in [6, 6.07) is 17.6. The molecule has 0 radical (unpaired) electrons. The van der Waals surface area contributed by atoms with Crippen LogP contribution in [0.4, 0.5) is 0 Å². The Bertz CT molecular complexity index is 641. The molecule has 0 heterocycles. The third-order valence-electron chi connectivity index (χ3n) is 3.32. The van der Waals surface area contributed by atoms with E-state index in [0.717, 1.165) is 0 Å². The van der Waals surface area contributed by atoms with Crippen LogP contribution < -0.4 is 21.2 Å². The first-order chi connectivity index (χ1) is 8.33. The van der Waals surface area contributed by atoms with Crippen molar-refractivity contribution in [2.24, 2.45) is 0 Å². The first kappa shape index (κ1) is 11.0. The summed E-state index contributed by atoms with van der Waals surface area (Å²) in [5, 5.41) is 5.75. The summed E-state index contributed by atoms with van der Waals surface area (Å²) in [5.41, 5.74) is 1.41. The zero-order valence-corrected chi connectivity index (χ0v) is 12.2. The minimum atomic E-state index is 0.0922. The molecule has 0 atom stereocenters. The van der Waals surface area contributed by atoms with Gasteiger partial charge in [0.05, 0.1) is 0 Å². The molecule has 0 nitrogen and oxygen atoms in total. The molecule has 3 rings (SSSR count). The van der Waals surface area contributed by atoms with Crippen molar-refractivity contribution in [2.45, 2.75) is 6.92 Å². The van der Waals surface area contributed by atoms with Crippen LogP contribution in [0.1, 0.15) is 5.56 Å². The SMILES string of the molecule is C[I-]c1c2ccccc2c(C)c2ccccc12. The zero-order chi connectivity index (χ0) is 11.8. The number of hydrogen-bond acceptors (Lipinski definition) is 0. The van der Waals surface area contributed by atoms with Gasteiger partial charge in [-0.2, -0.15) is 0 Å². The standard InChI is InChI=1S/C16H14I/c1-11-12-7-3-5-9-14(12)16(17-2)15-10-6-4-8-13(11)15/h3-10H,1-2H3/q-1. The predicted molar refractivity (Wildman–Crippen MR) is 70.8 cm³/mol. The molecule has 1 heteroatoms. The van der Waals surface area contributed by atoms with Gasteiger partial charge in [-0.25, -0.2) is 0 Å². The molecule has 0 fully saturated rings. The van der Waals surface area contributed by atoms with Gasteiger partial charge >= 0.3 is 112 Å². The Morgan fingerprint density at radius 1 is 0.706 bits per heavy atom. The third-order valence-corrected chi connectivity index (χ3v) is 5.57. The molecule has 0 bridgehead atoms. The van der Waals surface area contributed by atoms with E-state index in [-0.39, 0.29) is 21.2 Å². The number of rotatable bonds is 1. The summed E-state index contributed by atoms with van der Waals surface area (Å²) >= 11 is 0.0922. The number of alkyl halides is 1. The molecule has 3 aromatic rings. The molecule has 0 aliphatic heterocycles. The van der Waals surface area contributed by atoms with Crippen LogP contribution in [0.25, 0.3) is 21.5 Å². The van der Waals surface area contributed by atoms with Gasteiger partial charge in [-0.05, 0) is 0 Å². The average Bonchev–Trinajstić information content (AvgIpc) is 2.40. The Balaban J connectivity index is 2.63. The summed E-state index contributed by atoms with van der Waals surface area (Å²) in [4.78, 5) is 2.35. The van der Waals surface area contributed by atoms with Gasteiger partial charge in [0, 0.05) is 0 Å². The van der Waals surface area contributed by atoms with Crippen LogP contribution >= 0.6 is 0 Å². The average molecular weight is 333 g/mol. The second-order valence-electron chi connectivity index (χ2n) is 4.22. The van der Waals surface area contributed by atoms with Crippen molar-refractivity contribution in [3.8, 4) is 0 Å². The van der Waals surface area contributed by atoms with Crippen LogP contribution in [-0.4, -0.2) is 4.93 Å². The summed E-state index contributed by atoms with van der Waals surface area (Å²) in [6.45, 7) is 2.24. The summed E-state index contributed by atoms with van der Waals surface area (Å²) < 4.78 is 1.58. The maximum absolute atomic E-state index is 2.35. The van der Waals surface area contributed by atoms with Gasteiger partial charge in [-0.3, -0.25) is 0 Å². The van der Waals surface area contributed by atoms with E-state index in [0.29, 0.717) is 0 Å². The molecule has 0 N–H and O–H groups in total. The summed E-state index contributed by atoms with van der Waals surface area (Å²) in [7, 11) is 0. The van der Waals surface area contributed by atoms with Gasteiger partial charge in [-0.15, -0.1) is 0 Å². The maximum atomic E-state index is 2.35. The van der Waals surface area contributed by atoms with Crippen molar-refractivity contribution in [1.82, 2.24) is 0 Å². The number of halogens is 1. The third kappa shape index (κ3) is 1.64.